The van der Waals surface area contributed by atoms with Crippen LogP contribution in [-0.4, -0.2) is 27.3 Å². The van der Waals surface area contributed by atoms with Crippen LogP contribution in [0.1, 0.15) is 34.6 Å². The van der Waals surface area contributed by atoms with Gasteiger partial charge in [0, 0.05) is 18.0 Å². The summed E-state index contributed by atoms with van der Waals surface area (Å²) in [4.78, 5) is 42.9. The Labute approximate surface area is 175 Å². The molecule has 158 valence electrons. The summed E-state index contributed by atoms with van der Waals surface area (Å²) in [5.74, 6) is 0.0607. The van der Waals surface area contributed by atoms with Crippen LogP contribution in [0.2, 0.25) is 0 Å². The summed E-state index contributed by atoms with van der Waals surface area (Å²) in [5.41, 5.74) is 5.09. The van der Waals surface area contributed by atoms with Crippen molar-refractivity contribution in [3.05, 3.63) is 51.2 Å². The molecule has 0 radical (unpaired) electrons. The average molecular weight is 419 g/mol. The van der Waals surface area contributed by atoms with Gasteiger partial charge in [-0.2, -0.15) is 0 Å². The fraction of sp³-hybridized carbons (Fsp3) is 0.476. The van der Waals surface area contributed by atoms with Crippen LogP contribution in [0, 0.1) is 11.8 Å². The second kappa shape index (κ2) is 9.82. The minimum Gasteiger partial charge on any atom is -0.383 e. The van der Waals surface area contributed by atoms with Gasteiger partial charge in [0.15, 0.2) is 5.69 Å². The number of nitrogens with zero attached hydrogens (tertiary/aromatic N) is 2. The predicted molar refractivity (Wildman–Crippen MR) is 120 cm³/mol. The predicted octanol–water partition coefficient (Wildman–Crippen LogP) is 2.94. The van der Waals surface area contributed by atoms with E-state index in [2.05, 4.69) is 4.98 Å². The lowest BCUT2D eigenvalue weighted by Gasteiger charge is -2.28. The van der Waals surface area contributed by atoms with Gasteiger partial charge in [-0.3, -0.25) is 19.1 Å². The zero-order valence-electron chi connectivity index (χ0n) is 17.6. The van der Waals surface area contributed by atoms with Gasteiger partial charge >= 0.3 is 5.69 Å². The summed E-state index contributed by atoms with van der Waals surface area (Å²) in [6, 6.07) is 9.61. The summed E-state index contributed by atoms with van der Waals surface area (Å²) < 4.78 is 1.33. The maximum Gasteiger partial charge on any atom is 0.330 e. The lowest BCUT2D eigenvalue weighted by molar-refractivity contribution is -0.118. The first-order valence-electron chi connectivity index (χ1n) is 9.77. The molecule has 3 N–H and O–H groups in total. The number of anilines is 2. The molecule has 0 aliphatic rings. The molecule has 0 saturated heterocycles. The van der Waals surface area contributed by atoms with Crippen LogP contribution in [0.15, 0.2) is 44.8 Å². The zero-order valence-corrected chi connectivity index (χ0v) is 18.5. The molecule has 1 aromatic heterocycles. The van der Waals surface area contributed by atoms with E-state index in [9.17, 15) is 14.4 Å². The molecular formula is C21H30N4O3S. The van der Waals surface area contributed by atoms with Gasteiger partial charge in [-0.1, -0.05) is 45.9 Å². The fourth-order valence-electron chi connectivity index (χ4n) is 3.01. The standard InChI is InChI=1S/C21H30N4O3S/c1-13(2)11-24(20(27)15(5)29-16-9-7-6-8-10-16)17-18(22)25(12-14(3)4)21(28)23-19(17)26/h6-10,13-15H,11-12,22H2,1-5H3,(H,23,26,28). The number of aromatic nitrogens is 2. The Morgan fingerprint density at radius 2 is 1.72 bits per heavy atom. The first-order valence-corrected chi connectivity index (χ1v) is 10.7. The lowest BCUT2D eigenvalue weighted by Crippen LogP contribution is -2.45. The Kier molecular flexibility index (Phi) is 7.73. The monoisotopic (exact) mass is 418 g/mol. The van der Waals surface area contributed by atoms with Crippen LogP contribution in [0.4, 0.5) is 11.5 Å². The van der Waals surface area contributed by atoms with Gasteiger partial charge in [0.1, 0.15) is 5.82 Å². The Bertz CT molecular complexity index is 951. The van der Waals surface area contributed by atoms with Gasteiger partial charge < -0.3 is 10.6 Å². The normalized spacial score (nSPS) is 12.4. The molecule has 0 saturated carbocycles. The Morgan fingerprint density at radius 1 is 1.10 bits per heavy atom. The number of nitrogens with one attached hydrogen (secondary N) is 1. The molecule has 1 heterocycles. The van der Waals surface area contributed by atoms with Gasteiger partial charge in [-0.15, -0.1) is 11.8 Å². The molecule has 1 atom stereocenters. The lowest BCUT2D eigenvalue weighted by atomic mass is 10.2. The summed E-state index contributed by atoms with van der Waals surface area (Å²) in [6.45, 7) is 10.3. The number of H-pyrrole nitrogens is 1. The number of carbonyl (C=O) groups excluding carboxylic acids is 1. The largest absolute Gasteiger partial charge is 0.383 e. The van der Waals surface area contributed by atoms with Crippen molar-refractivity contribution in [1.29, 1.82) is 0 Å². The van der Waals surface area contributed by atoms with Gasteiger partial charge in [0.05, 0.1) is 5.25 Å². The highest BCUT2D eigenvalue weighted by atomic mass is 32.2. The van der Waals surface area contributed by atoms with Crippen molar-refractivity contribution >= 4 is 29.2 Å². The average Bonchev–Trinajstić information content (AvgIpc) is 2.64. The molecule has 0 bridgehead atoms. The number of hydrogen-bond acceptors (Lipinski definition) is 5. The first-order chi connectivity index (χ1) is 13.6. The molecule has 1 aromatic carbocycles. The third-order valence-corrected chi connectivity index (χ3v) is 5.35. The first kappa shape index (κ1) is 22.8. The van der Waals surface area contributed by atoms with E-state index in [0.29, 0.717) is 13.1 Å². The summed E-state index contributed by atoms with van der Waals surface area (Å²) in [7, 11) is 0. The Balaban J connectivity index is 2.48. The van der Waals surface area contributed by atoms with Crippen LogP contribution < -0.4 is 21.9 Å². The molecule has 0 aliphatic carbocycles. The molecule has 0 spiro atoms. The summed E-state index contributed by atoms with van der Waals surface area (Å²) >= 11 is 1.42. The number of thioether (sulfide) groups is 1. The van der Waals surface area contributed by atoms with Crippen LogP contribution in [-0.2, 0) is 11.3 Å². The summed E-state index contributed by atoms with van der Waals surface area (Å²) in [5, 5.41) is -0.430. The molecule has 0 aliphatic heterocycles. The van der Waals surface area contributed by atoms with Crippen LogP contribution in [0.25, 0.3) is 0 Å². The Hall–Kier alpha value is -2.48. The highest BCUT2D eigenvalue weighted by molar-refractivity contribution is 8.00. The molecule has 1 unspecified atom stereocenters. The van der Waals surface area contributed by atoms with E-state index in [-0.39, 0.29) is 29.2 Å². The molecule has 2 rings (SSSR count). The maximum atomic E-state index is 13.3. The van der Waals surface area contributed by atoms with Crippen LogP contribution in [0.3, 0.4) is 0 Å². The van der Waals surface area contributed by atoms with Crippen LogP contribution >= 0.6 is 11.8 Å². The maximum absolute atomic E-state index is 13.3. The van der Waals surface area contributed by atoms with Gasteiger partial charge in [0.2, 0.25) is 5.91 Å². The molecule has 7 nitrogen and oxygen atoms in total. The number of nitrogen functional groups attached to an aromatic ring is 1. The van der Waals surface area contributed by atoms with Crippen molar-refractivity contribution < 1.29 is 4.79 Å². The van der Waals surface area contributed by atoms with E-state index in [4.69, 9.17) is 5.73 Å². The van der Waals surface area contributed by atoms with E-state index in [1.807, 2.05) is 65.0 Å². The van der Waals surface area contributed by atoms with Crippen molar-refractivity contribution in [3.63, 3.8) is 0 Å². The number of amides is 1. The van der Waals surface area contributed by atoms with Crippen molar-refractivity contribution in [2.24, 2.45) is 11.8 Å². The van der Waals surface area contributed by atoms with E-state index in [0.717, 1.165) is 4.90 Å². The number of aromatic amines is 1. The number of nitrogens with two attached hydrogens (primary N) is 1. The zero-order chi connectivity index (χ0) is 21.7. The number of rotatable bonds is 8. The van der Waals surface area contributed by atoms with E-state index >= 15 is 0 Å². The highest BCUT2D eigenvalue weighted by Gasteiger charge is 2.29. The molecule has 8 heteroatoms. The Morgan fingerprint density at radius 3 is 2.28 bits per heavy atom. The van der Waals surface area contributed by atoms with Crippen molar-refractivity contribution in [3.8, 4) is 0 Å². The van der Waals surface area contributed by atoms with Gasteiger partial charge in [-0.25, -0.2) is 4.79 Å². The number of carbonyl (C=O) groups is 1. The SMILES string of the molecule is CC(C)CN(C(=O)C(C)Sc1ccccc1)c1c(N)n(CC(C)C)c(=O)[nH]c1=O. The highest BCUT2D eigenvalue weighted by Crippen LogP contribution is 2.27. The summed E-state index contributed by atoms with van der Waals surface area (Å²) in [6.07, 6.45) is 0. The smallest absolute Gasteiger partial charge is 0.330 e. The van der Waals surface area contributed by atoms with Gasteiger partial charge in [-0.05, 0) is 30.9 Å². The fourth-order valence-corrected chi connectivity index (χ4v) is 3.96. The second-order valence-corrected chi connectivity index (χ2v) is 9.33. The molecule has 1 amide bonds. The minimum absolute atomic E-state index is 0.0263. The van der Waals surface area contributed by atoms with Crippen LogP contribution in [0.5, 0.6) is 0 Å². The molecule has 0 fully saturated rings. The van der Waals surface area contributed by atoms with Crippen molar-refractivity contribution in [2.75, 3.05) is 17.2 Å². The molecule has 2 aromatic rings. The quantitative estimate of drug-likeness (QED) is 0.642. The topological polar surface area (TPSA) is 101 Å². The van der Waals surface area contributed by atoms with E-state index in [1.54, 1.807) is 0 Å². The third kappa shape index (κ3) is 5.76. The van der Waals surface area contributed by atoms with Crippen molar-refractivity contribution in [2.45, 2.75) is 51.3 Å². The molecular weight excluding hydrogens is 388 g/mol. The van der Waals surface area contributed by atoms with E-state index in [1.165, 1.54) is 21.2 Å². The second-order valence-electron chi connectivity index (χ2n) is 7.91. The van der Waals surface area contributed by atoms with E-state index < -0.39 is 16.5 Å². The minimum atomic E-state index is -0.640. The van der Waals surface area contributed by atoms with Gasteiger partial charge in [0.25, 0.3) is 5.56 Å². The number of benzene rings is 1. The number of hydrogen-bond donors (Lipinski definition) is 2. The third-order valence-electron chi connectivity index (χ3n) is 4.25. The van der Waals surface area contributed by atoms with Crippen molar-refractivity contribution in [1.82, 2.24) is 9.55 Å². The molecule has 29 heavy (non-hydrogen) atoms.